The lowest BCUT2D eigenvalue weighted by atomic mass is 10.2. The smallest absolute Gasteiger partial charge is 0.242 e. The van der Waals surface area contributed by atoms with Crippen molar-refractivity contribution in [2.45, 2.75) is 32.7 Å². The molecule has 0 aromatic heterocycles. The molecule has 1 rings (SSSR count). The number of halogens is 2. The summed E-state index contributed by atoms with van der Waals surface area (Å²) >= 11 is 3.08. The standard InChI is InChI=1S/C13H18BrFN2O/c1-3-4-7-16-13(18)9(2)17-10-5-6-11(14)12(15)8-10/h5-6,8-9,17H,3-4,7H2,1-2H3,(H,16,18). The molecule has 1 unspecified atom stereocenters. The van der Waals surface area contributed by atoms with E-state index in [1.165, 1.54) is 6.07 Å². The van der Waals surface area contributed by atoms with Crippen LogP contribution < -0.4 is 10.6 Å². The minimum Gasteiger partial charge on any atom is -0.374 e. The van der Waals surface area contributed by atoms with E-state index in [4.69, 9.17) is 0 Å². The number of benzene rings is 1. The zero-order valence-electron chi connectivity index (χ0n) is 10.6. The number of hydrogen-bond acceptors (Lipinski definition) is 2. The van der Waals surface area contributed by atoms with Crippen molar-refractivity contribution in [1.29, 1.82) is 0 Å². The molecular weight excluding hydrogens is 299 g/mol. The molecule has 18 heavy (non-hydrogen) atoms. The Morgan fingerprint density at radius 1 is 1.50 bits per heavy atom. The quantitative estimate of drug-likeness (QED) is 0.791. The number of rotatable bonds is 6. The lowest BCUT2D eigenvalue weighted by Crippen LogP contribution is -2.38. The van der Waals surface area contributed by atoms with E-state index < -0.39 is 0 Å². The van der Waals surface area contributed by atoms with Gasteiger partial charge in [0.1, 0.15) is 11.9 Å². The van der Waals surface area contributed by atoms with Crippen molar-refractivity contribution in [2.75, 3.05) is 11.9 Å². The van der Waals surface area contributed by atoms with E-state index in [0.717, 1.165) is 12.8 Å². The van der Waals surface area contributed by atoms with Crippen LogP contribution in [0.25, 0.3) is 0 Å². The maximum Gasteiger partial charge on any atom is 0.242 e. The third-order valence-corrected chi connectivity index (χ3v) is 3.17. The zero-order chi connectivity index (χ0) is 13.5. The van der Waals surface area contributed by atoms with Crippen LogP contribution >= 0.6 is 15.9 Å². The van der Waals surface area contributed by atoms with Crippen molar-refractivity contribution in [1.82, 2.24) is 5.32 Å². The van der Waals surface area contributed by atoms with Crippen LogP contribution in [0.5, 0.6) is 0 Å². The summed E-state index contributed by atoms with van der Waals surface area (Å²) < 4.78 is 13.7. The van der Waals surface area contributed by atoms with E-state index in [-0.39, 0.29) is 17.8 Å². The number of hydrogen-bond donors (Lipinski definition) is 2. The molecular formula is C13H18BrFN2O. The van der Waals surface area contributed by atoms with Gasteiger partial charge in [-0.1, -0.05) is 13.3 Å². The molecule has 1 aromatic rings. The molecule has 0 aliphatic heterocycles. The predicted molar refractivity (Wildman–Crippen MR) is 75.1 cm³/mol. The number of unbranched alkanes of at least 4 members (excludes halogenated alkanes) is 1. The van der Waals surface area contributed by atoms with E-state index >= 15 is 0 Å². The van der Waals surface area contributed by atoms with Crippen LogP contribution in [0.1, 0.15) is 26.7 Å². The third-order valence-electron chi connectivity index (χ3n) is 2.53. The molecule has 1 amide bonds. The Balaban J connectivity index is 2.50. The maximum absolute atomic E-state index is 13.3. The normalized spacial score (nSPS) is 12.0. The highest BCUT2D eigenvalue weighted by atomic mass is 79.9. The summed E-state index contributed by atoms with van der Waals surface area (Å²) in [6.45, 7) is 4.50. The fourth-order valence-corrected chi connectivity index (χ4v) is 1.69. The summed E-state index contributed by atoms with van der Waals surface area (Å²) in [6, 6.07) is 4.31. The van der Waals surface area contributed by atoms with E-state index in [0.29, 0.717) is 16.7 Å². The summed E-state index contributed by atoms with van der Waals surface area (Å²) in [5.41, 5.74) is 0.592. The van der Waals surface area contributed by atoms with E-state index in [1.54, 1.807) is 19.1 Å². The molecule has 0 radical (unpaired) electrons. The largest absolute Gasteiger partial charge is 0.374 e. The second-order valence-corrected chi connectivity index (χ2v) is 4.99. The molecule has 0 heterocycles. The van der Waals surface area contributed by atoms with E-state index in [1.807, 2.05) is 0 Å². The first-order chi connectivity index (χ1) is 8.54. The van der Waals surface area contributed by atoms with Gasteiger partial charge >= 0.3 is 0 Å². The summed E-state index contributed by atoms with van der Waals surface area (Å²) in [6.07, 6.45) is 2.01. The van der Waals surface area contributed by atoms with E-state index in [9.17, 15) is 9.18 Å². The average molecular weight is 317 g/mol. The minimum atomic E-state index is -0.387. The fraction of sp³-hybridized carbons (Fsp3) is 0.462. The second-order valence-electron chi connectivity index (χ2n) is 4.14. The Bertz CT molecular complexity index is 412. The Kier molecular flexibility index (Phi) is 6.12. The van der Waals surface area contributed by atoms with Crippen LogP contribution in [0, 0.1) is 5.82 Å². The van der Waals surface area contributed by atoms with Gasteiger partial charge in [0.25, 0.3) is 0 Å². The molecule has 0 fully saturated rings. The molecule has 1 aromatic carbocycles. The maximum atomic E-state index is 13.3. The lowest BCUT2D eigenvalue weighted by Gasteiger charge is -2.15. The van der Waals surface area contributed by atoms with Gasteiger partial charge in [0, 0.05) is 12.2 Å². The Labute approximate surface area is 115 Å². The topological polar surface area (TPSA) is 41.1 Å². The summed E-state index contributed by atoms with van der Waals surface area (Å²) in [5.74, 6) is -0.426. The van der Waals surface area contributed by atoms with Crippen molar-refractivity contribution in [3.8, 4) is 0 Å². The fourth-order valence-electron chi connectivity index (χ4n) is 1.44. The first kappa shape index (κ1) is 15.0. The Morgan fingerprint density at radius 2 is 2.22 bits per heavy atom. The molecule has 0 bridgehead atoms. The molecule has 0 aliphatic carbocycles. The number of nitrogens with one attached hydrogen (secondary N) is 2. The summed E-state index contributed by atoms with van der Waals surface area (Å²) in [7, 11) is 0. The van der Waals surface area contributed by atoms with Crippen molar-refractivity contribution >= 4 is 27.5 Å². The number of carbonyl (C=O) groups excluding carboxylic acids is 1. The molecule has 100 valence electrons. The zero-order valence-corrected chi connectivity index (χ0v) is 12.2. The van der Waals surface area contributed by atoms with Crippen molar-refractivity contribution in [3.05, 3.63) is 28.5 Å². The predicted octanol–water partition coefficient (Wildman–Crippen LogP) is 3.30. The molecule has 0 spiro atoms. The van der Waals surface area contributed by atoms with Crippen LogP contribution in [0.15, 0.2) is 22.7 Å². The van der Waals surface area contributed by atoms with Gasteiger partial charge in [0.05, 0.1) is 4.47 Å². The summed E-state index contributed by atoms with van der Waals surface area (Å²) in [4.78, 5) is 11.7. The van der Waals surface area contributed by atoms with Crippen LogP contribution in [-0.2, 0) is 4.79 Å². The first-order valence-corrected chi connectivity index (χ1v) is 6.83. The molecule has 3 nitrogen and oxygen atoms in total. The monoisotopic (exact) mass is 316 g/mol. The second kappa shape index (κ2) is 7.36. The number of anilines is 1. The molecule has 0 aliphatic rings. The van der Waals surface area contributed by atoms with Gasteiger partial charge in [-0.25, -0.2) is 4.39 Å². The summed E-state index contributed by atoms with van der Waals surface area (Å²) in [5, 5.41) is 5.79. The average Bonchev–Trinajstić information content (AvgIpc) is 2.34. The molecule has 2 N–H and O–H groups in total. The van der Waals surface area contributed by atoms with Crippen LogP contribution in [-0.4, -0.2) is 18.5 Å². The highest BCUT2D eigenvalue weighted by molar-refractivity contribution is 9.10. The number of carbonyl (C=O) groups is 1. The first-order valence-electron chi connectivity index (χ1n) is 6.04. The van der Waals surface area contributed by atoms with E-state index in [2.05, 4.69) is 33.5 Å². The van der Waals surface area contributed by atoms with Crippen LogP contribution in [0.2, 0.25) is 0 Å². The van der Waals surface area contributed by atoms with Gasteiger partial charge in [-0.15, -0.1) is 0 Å². The molecule has 5 heteroatoms. The van der Waals surface area contributed by atoms with Gasteiger partial charge < -0.3 is 10.6 Å². The van der Waals surface area contributed by atoms with Gasteiger partial charge in [-0.2, -0.15) is 0 Å². The molecule has 0 saturated carbocycles. The minimum absolute atomic E-state index is 0.0771. The van der Waals surface area contributed by atoms with Gasteiger partial charge in [-0.3, -0.25) is 4.79 Å². The third kappa shape index (κ3) is 4.64. The van der Waals surface area contributed by atoms with Crippen LogP contribution in [0.4, 0.5) is 10.1 Å². The highest BCUT2D eigenvalue weighted by Crippen LogP contribution is 2.19. The van der Waals surface area contributed by atoms with Gasteiger partial charge in [0.2, 0.25) is 5.91 Å². The number of amides is 1. The van der Waals surface area contributed by atoms with Crippen LogP contribution in [0.3, 0.4) is 0 Å². The Morgan fingerprint density at radius 3 is 2.83 bits per heavy atom. The highest BCUT2D eigenvalue weighted by Gasteiger charge is 2.12. The molecule has 1 atom stereocenters. The van der Waals surface area contributed by atoms with Gasteiger partial charge in [0.15, 0.2) is 0 Å². The van der Waals surface area contributed by atoms with Gasteiger partial charge in [-0.05, 0) is 47.5 Å². The van der Waals surface area contributed by atoms with Crippen molar-refractivity contribution in [3.63, 3.8) is 0 Å². The lowest BCUT2D eigenvalue weighted by molar-refractivity contribution is -0.121. The Hall–Kier alpha value is -1.10. The van der Waals surface area contributed by atoms with Crippen molar-refractivity contribution < 1.29 is 9.18 Å². The molecule has 0 saturated heterocycles. The SMILES string of the molecule is CCCCNC(=O)C(C)Nc1ccc(Br)c(F)c1. The van der Waals surface area contributed by atoms with Crippen molar-refractivity contribution in [2.24, 2.45) is 0 Å².